The molecule has 0 radical (unpaired) electrons. The number of hydrogen-bond donors (Lipinski definition) is 0. The van der Waals surface area contributed by atoms with E-state index in [9.17, 15) is 0 Å². The van der Waals surface area contributed by atoms with E-state index in [1.165, 1.54) is 0 Å². The molecule has 0 amide bonds. The maximum absolute atomic E-state index is 5.59. The van der Waals surface area contributed by atoms with Crippen molar-refractivity contribution in [1.82, 2.24) is 0 Å². The van der Waals surface area contributed by atoms with Crippen LogP contribution in [0, 0.1) is 0 Å². The zero-order chi connectivity index (χ0) is 11.1. The lowest BCUT2D eigenvalue weighted by molar-refractivity contribution is -0.203. The first kappa shape index (κ1) is 13.3. The van der Waals surface area contributed by atoms with E-state index in [1.807, 2.05) is 20.8 Å². The van der Waals surface area contributed by atoms with Crippen molar-refractivity contribution in [3.8, 4) is 0 Å². The summed E-state index contributed by atoms with van der Waals surface area (Å²) in [4.78, 5) is 0. The standard InChI is InChI=1S/C9H19O5P/c1-4-12-15(13-5-2)14-9-6-10-8(3)11-7-9/h8-9H,4-7H2,1-3H3. The van der Waals surface area contributed by atoms with E-state index >= 15 is 0 Å². The molecule has 0 atom stereocenters. The van der Waals surface area contributed by atoms with Crippen molar-refractivity contribution in [3.63, 3.8) is 0 Å². The van der Waals surface area contributed by atoms with E-state index in [0.717, 1.165) is 0 Å². The lowest BCUT2D eigenvalue weighted by atomic mass is 10.4. The fourth-order valence-electron chi connectivity index (χ4n) is 1.07. The molecule has 0 saturated carbocycles. The minimum Gasteiger partial charge on any atom is -0.350 e. The zero-order valence-corrected chi connectivity index (χ0v) is 10.4. The zero-order valence-electron chi connectivity index (χ0n) is 9.47. The molecule has 1 aliphatic heterocycles. The van der Waals surface area contributed by atoms with Gasteiger partial charge in [0.25, 0.3) is 0 Å². The van der Waals surface area contributed by atoms with Crippen LogP contribution in [0.1, 0.15) is 20.8 Å². The van der Waals surface area contributed by atoms with Crippen LogP contribution in [-0.4, -0.2) is 38.8 Å². The van der Waals surface area contributed by atoms with Gasteiger partial charge in [-0.2, -0.15) is 0 Å². The molecule has 0 unspecified atom stereocenters. The van der Waals surface area contributed by atoms with Gasteiger partial charge in [-0.1, -0.05) is 0 Å². The monoisotopic (exact) mass is 238 g/mol. The molecule has 1 heterocycles. The summed E-state index contributed by atoms with van der Waals surface area (Å²) in [5.41, 5.74) is 0. The molecule has 1 rings (SSSR count). The molecule has 5 nitrogen and oxygen atoms in total. The molecule has 0 bridgehead atoms. The highest BCUT2D eigenvalue weighted by Gasteiger charge is 2.24. The van der Waals surface area contributed by atoms with E-state index in [4.69, 9.17) is 23.0 Å². The predicted octanol–water partition coefficient (Wildman–Crippen LogP) is 2.06. The summed E-state index contributed by atoms with van der Waals surface area (Å²) in [6.07, 6.45) is -0.235. The predicted molar refractivity (Wildman–Crippen MR) is 56.4 cm³/mol. The number of hydrogen-bond acceptors (Lipinski definition) is 5. The summed E-state index contributed by atoms with van der Waals surface area (Å²) < 4.78 is 26.8. The van der Waals surface area contributed by atoms with Gasteiger partial charge in [-0.3, -0.25) is 0 Å². The summed E-state index contributed by atoms with van der Waals surface area (Å²) in [5, 5.41) is 0. The lowest BCUT2D eigenvalue weighted by Crippen LogP contribution is -2.35. The van der Waals surface area contributed by atoms with Crippen LogP contribution in [0.5, 0.6) is 0 Å². The third kappa shape index (κ3) is 5.20. The average Bonchev–Trinajstić information content (AvgIpc) is 2.22. The molecule has 0 spiro atoms. The third-order valence-corrected chi connectivity index (χ3v) is 3.15. The Morgan fingerprint density at radius 3 is 2.13 bits per heavy atom. The molecule has 0 aromatic carbocycles. The summed E-state index contributed by atoms with van der Waals surface area (Å²) >= 11 is 0. The first-order chi connectivity index (χ1) is 7.26. The van der Waals surface area contributed by atoms with Crippen LogP contribution in [0.15, 0.2) is 0 Å². The molecule has 90 valence electrons. The van der Waals surface area contributed by atoms with Gasteiger partial charge < -0.3 is 23.0 Å². The van der Waals surface area contributed by atoms with Crippen molar-refractivity contribution in [3.05, 3.63) is 0 Å². The summed E-state index contributed by atoms with van der Waals surface area (Å²) in [5.74, 6) is 0. The van der Waals surface area contributed by atoms with Gasteiger partial charge in [0.15, 0.2) is 6.29 Å². The molecule has 0 aromatic rings. The first-order valence-corrected chi connectivity index (χ1v) is 6.31. The highest BCUT2D eigenvalue weighted by molar-refractivity contribution is 7.41. The van der Waals surface area contributed by atoms with Gasteiger partial charge in [-0.05, 0) is 20.8 Å². The maximum atomic E-state index is 5.59. The molecule has 1 fully saturated rings. The largest absolute Gasteiger partial charge is 0.350 e. The molecule has 15 heavy (non-hydrogen) atoms. The lowest BCUT2D eigenvalue weighted by Gasteiger charge is -2.28. The van der Waals surface area contributed by atoms with Crippen LogP contribution in [0.25, 0.3) is 0 Å². The minimum absolute atomic E-state index is 0.0922. The normalized spacial score (nSPS) is 27.2. The van der Waals surface area contributed by atoms with Gasteiger partial charge in [-0.15, -0.1) is 0 Å². The van der Waals surface area contributed by atoms with Gasteiger partial charge in [0.1, 0.15) is 6.10 Å². The second-order valence-electron chi connectivity index (χ2n) is 3.02. The number of rotatable bonds is 6. The Morgan fingerprint density at radius 1 is 1.13 bits per heavy atom. The highest BCUT2D eigenvalue weighted by Crippen LogP contribution is 2.41. The van der Waals surface area contributed by atoms with E-state index in [2.05, 4.69) is 0 Å². The van der Waals surface area contributed by atoms with Gasteiger partial charge >= 0.3 is 8.60 Å². The Hall–Kier alpha value is 0.230. The fraction of sp³-hybridized carbons (Fsp3) is 1.00. The van der Waals surface area contributed by atoms with Crippen molar-refractivity contribution < 1.29 is 23.0 Å². The van der Waals surface area contributed by atoms with Crippen molar-refractivity contribution in [1.29, 1.82) is 0 Å². The molecule has 0 aliphatic carbocycles. The SMILES string of the molecule is CCOP(OCC)OC1COC(C)OC1. The molecule has 6 heteroatoms. The molecule has 1 aliphatic rings. The maximum Gasteiger partial charge on any atom is 0.333 e. The van der Waals surface area contributed by atoms with Crippen LogP contribution in [0.4, 0.5) is 0 Å². The summed E-state index contributed by atoms with van der Waals surface area (Å²) in [6, 6.07) is 0. The van der Waals surface area contributed by atoms with Gasteiger partial charge in [-0.25, -0.2) is 0 Å². The third-order valence-electron chi connectivity index (χ3n) is 1.74. The average molecular weight is 238 g/mol. The van der Waals surface area contributed by atoms with Crippen LogP contribution in [0.3, 0.4) is 0 Å². The van der Waals surface area contributed by atoms with E-state index in [0.29, 0.717) is 26.4 Å². The number of ether oxygens (including phenoxy) is 2. The van der Waals surface area contributed by atoms with Crippen molar-refractivity contribution >= 4 is 8.60 Å². The van der Waals surface area contributed by atoms with Crippen molar-refractivity contribution in [2.24, 2.45) is 0 Å². The Morgan fingerprint density at radius 2 is 1.67 bits per heavy atom. The van der Waals surface area contributed by atoms with Crippen molar-refractivity contribution in [2.45, 2.75) is 33.2 Å². The quantitative estimate of drug-likeness (QED) is 0.663. The Balaban J connectivity index is 2.24. The Bertz CT molecular complexity index is 155. The minimum atomic E-state index is -1.26. The second-order valence-corrected chi connectivity index (χ2v) is 4.20. The Kier molecular flexibility index (Phi) is 6.64. The smallest absolute Gasteiger partial charge is 0.333 e. The van der Waals surface area contributed by atoms with Gasteiger partial charge in [0.05, 0.1) is 26.4 Å². The van der Waals surface area contributed by atoms with Crippen LogP contribution in [0.2, 0.25) is 0 Å². The molecule has 0 aromatic heterocycles. The van der Waals surface area contributed by atoms with Crippen LogP contribution in [-0.2, 0) is 23.0 Å². The van der Waals surface area contributed by atoms with Crippen molar-refractivity contribution in [2.75, 3.05) is 26.4 Å². The summed E-state index contributed by atoms with van der Waals surface area (Å²) in [6.45, 7) is 7.90. The molecule has 1 saturated heterocycles. The first-order valence-electron chi connectivity index (χ1n) is 5.22. The van der Waals surface area contributed by atoms with Crippen LogP contribution >= 0.6 is 8.60 Å². The van der Waals surface area contributed by atoms with E-state index in [1.54, 1.807) is 0 Å². The van der Waals surface area contributed by atoms with Gasteiger partial charge in [0, 0.05) is 0 Å². The summed E-state index contributed by atoms with van der Waals surface area (Å²) in [7, 11) is -1.26. The molecular formula is C9H19O5P. The second kappa shape index (κ2) is 7.49. The van der Waals surface area contributed by atoms with E-state index in [-0.39, 0.29) is 12.4 Å². The topological polar surface area (TPSA) is 46.2 Å². The molecular weight excluding hydrogens is 219 g/mol. The van der Waals surface area contributed by atoms with Gasteiger partial charge in [0.2, 0.25) is 0 Å². The highest BCUT2D eigenvalue weighted by atomic mass is 31.2. The van der Waals surface area contributed by atoms with E-state index < -0.39 is 8.60 Å². The Labute approximate surface area is 92.0 Å². The van der Waals surface area contributed by atoms with Crippen LogP contribution < -0.4 is 0 Å². The fourth-order valence-corrected chi connectivity index (χ4v) is 2.06. The molecule has 0 N–H and O–H groups in total.